The van der Waals surface area contributed by atoms with Gasteiger partial charge in [0.1, 0.15) is 6.42 Å². The van der Waals surface area contributed by atoms with Crippen LogP contribution in [0.1, 0.15) is 87.9 Å². The lowest BCUT2D eigenvalue weighted by atomic mass is 10.1. The summed E-state index contributed by atoms with van der Waals surface area (Å²) in [6.45, 7) is 3.13. The Balaban J connectivity index is 2.04. The Morgan fingerprint density at radius 3 is 2.11 bits per heavy atom. The number of Topliss-reactive ketones (excluding diaryl/α,β-unsaturated/α-hetero) is 1. The molecular formula is C23H35NO3. The zero-order chi connectivity index (χ0) is 19.7. The van der Waals surface area contributed by atoms with Crippen LogP contribution >= 0.6 is 0 Å². The van der Waals surface area contributed by atoms with Gasteiger partial charge < -0.3 is 10.4 Å². The second kappa shape index (κ2) is 15.0. The zero-order valence-electron chi connectivity index (χ0n) is 16.7. The van der Waals surface area contributed by atoms with Crippen LogP contribution in [0.4, 0.5) is 5.69 Å². The van der Waals surface area contributed by atoms with Gasteiger partial charge in [0.2, 0.25) is 0 Å². The van der Waals surface area contributed by atoms with E-state index in [1.807, 2.05) is 12.1 Å². The van der Waals surface area contributed by atoms with Crippen molar-refractivity contribution < 1.29 is 14.7 Å². The normalized spacial score (nSPS) is 11.0. The minimum absolute atomic E-state index is 0.361. The zero-order valence-corrected chi connectivity index (χ0v) is 16.7. The van der Waals surface area contributed by atoms with Crippen LogP contribution in [0.5, 0.6) is 0 Å². The fraction of sp³-hybridized carbons (Fsp3) is 0.565. The first-order valence-electron chi connectivity index (χ1n) is 10.4. The smallest absolute Gasteiger partial charge is 0.311 e. The number of carboxylic acids is 1. The van der Waals surface area contributed by atoms with Gasteiger partial charge in [-0.3, -0.25) is 9.59 Å². The first-order chi connectivity index (χ1) is 13.1. The van der Waals surface area contributed by atoms with Crippen LogP contribution in [0.2, 0.25) is 0 Å². The van der Waals surface area contributed by atoms with Gasteiger partial charge in [0.05, 0.1) is 0 Å². The number of allylic oxidation sites excluding steroid dienone is 2. The van der Waals surface area contributed by atoms with E-state index in [4.69, 9.17) is 5.11 Å². The van der Waals surface area contributed by atoms with Crippen LogP contribution in [-0.4, -0.2) is 23.4 Å². The molecule has 0 saturated heterocycles. The van der Waals surface area contributed by atoms with E-state index in [9.17, 15) is 9.59 Å². The van der Waals surface area contributed by atoms with Gasteiger partial charge in [-0.2, -0.15) is 0 Å². The summed E-state index contributed by atoms with van der Waals surface area (Å²) in [5.41, 5.74) is 1.39. The maximum Gasteiger partial charge on any atom is 0.311 e. The summed E-state index contributed by atoms with van der Waals surface area (Å²) >= 11 is 0. The molecule has 0 saturated carbocycles. The Morgan fingerprint density at radius 1 is 0.889 bits per heavy atom. The molecule has 0 aliphatic carbocycles. The third-order valence-corrected chi connectivity index (χ3v) is 4.54. The van der Waals surface area contributed by atoms with E-state index in [1.54, 1.807) is 12.1 Å². The third kappa shape index (κ3) is 12.0. The highest BCUT2D eigenvalue weighted by atomic mass is 16.4. The molecule has 0 spiro atoms. The average Bonchev–Trinajstić information content (AvgIpc) is 2.65. The lowest BCUT2D eigenvalue weighted by Crippen LogP contribution is -2.07. The molecule has 2 N–H and O–H groups in total. The van der Waals surface area contributed by atoms with Crippen LogP contribution in [-0.2, 0) is 4.79 Å². The average molecular weight is 374 g/mol. The van der Waals surface area contributed by atoms with Crippen molar-refractivity contribution in [3.63, 3.8) is 0 Å². The summed E-state index contributed by atoms with van der Waals surface area (Å²) in [4.78, 5) is 22.2. The molecule has 0 aliphatic heterocycles. The second-order valence-electron chi connectivity index (χ2n) is 7.02. The fourth-order valence-electron chi connectivity index (χ4n) is 2.92. The van der Waals surface area contributed by atoms with E-state index in [1.165, 1.54) is 51.4 Å². The molecule has 1 rings (SSSR count). The number of hydrogen-bond donors (Lipinski definition) is 2. The van der Waals surface area contributed by atoms with Crippen molar-refractivity contribution in [1.29, 1.82) is 0 Å². The molecule has 1 aromatic carbocycles. The van der Waals surface area contributed by atoms with Gasteiger partial charge in [0, 0.05) is 17.8 Å². The summed E-state index contributed by atoms with van der Waals surface area (Å²) < 4.78 is 0. The Kier molecular flexibility index (Phi) is 12.7. The molecule has 4 nitrogen and oxygen atoms in total. The molecule has 27 heavy (non-hydrogen) atoms. The number of nitrogens with one attached hydrogen (secondary N) is 1. The Bertz CT molecular complexity index is 563. The number of carbonyl (C=O) groups excluding carboxylic acids is 1. The Labute approximate surface area is 164 Å². The van der Waals surface area contributed by atoms with E-state index in [-0.39, 0.29) is 5.78 Å². The molecule has 0 aliphatic rings. The molecule has 0 atom stereocenters. The van der Waals surface area contributed by atoms with Gasteiger partial charge in [-0.1, -0.05) is 57.6 Å². The fourth-order valence-corrected chi connectivity index (χ4v) is 2.92. The number of aliphatic carboxylic acids is 1. The van der Waals surface area contributed by atoms with Crippen molar-refractivity contribution >= 4 is 17.4 Å². The van der Waals surface area contributed by atoms with Crippen molar-refractivity contribution in [3.8, 4) is 0 Å². The standard InChI is InChI=1S/C23H35NO3/c1-2-3-4-5-6-7-8-9-10-11-12-13-18-24-21-16-14-20(15-17-21)22(25)19-23(26)27/h10-11,14-17,24H,2-9,12-13,18-19H2,1H3,(H,26,27)/b11-10+. The van der Waals surface area contributed by atoms with Gasteiger partial charge in [-0.15, -0.1) is 0 Å². The molecular weight excluding hydrogens is 338 g/mol. The number of anilines is 1. The van der Waals surface area contributed by atoms with Crippen molar-refractivity contribution in [2.75, 3.05) is 11.9 Å². The summed E-state index contributed by atoms with van der Waals surface area (Å²) in [6.07, 6.45) is 16.9. The summed E-state index contributed by atoms with van der Waals surface area (Å²) in [5.74, 6) is -1.46. The predicted molar refractivity (Wildman–Crippen MR) is 112 cm³/mol. The summed E-state index contributed by atoms with van der Waals surface area (Å²) in [7, 11) is 0. The van der Waals surface area contributed by atoms with E-state index in [0.29, 0.717) is 5.56 Å². The van der Waals surface area contributed by atoms with Gasteiger partial charge >= 0.3 is 5.97 Å². The summed E-state index contributed by atoms with van der Waals surface area (Å²) in [5, 5.41) is 12.0. The molecule has 0 aromatic heterocycles. The van der Waals surface area contributed by atoms with Crippen molar-refractivity contribution in [3.05, 3.63) is 42.0 Å². The van der Waals surface area contributed by atoms with Crippen LogP contribution in [0.3, 0.4) is 0 Å². The molecule has 0 amide bonds. The number of unbranched alkanes of at least 4 members (excludes halogenated alkanes) is 8. The molecule has 0 unspecified atom stereocenters. The molecule has 0 bridgehead atoms. The predicted octanol–water partition coefficient (Wildman–Crippen LogP) is 6.23. The number of hydrogen-bond acceptors (Lipinski definition) is 3. The van der Waals surface area contributed by atoms with Gasteiger partial charge in [0.15, 0.2) is 5.78 Å². The van der Waals surface area contributed by atoms with E-state index >= 15 is 0 Å². The highest BCUT2D eigenvalue weighted by molar-refractivity contribution is 6.05. The largest absolute Gasteiger partial charge is 0.481 e. The minimum Gasteiger partial charge on any atom is -0.481 e. The monoisotopic (exact) mass is 373 g/mol. The van der Waals surface area contributed by atoms with Gasteiger partial charge in [-0.25, -0.2) is 0 Å². The van der Waals surface area contributed by atoms with Gasteiger partial charge in [-0.05, 0) is 49.9 Å². The van der Waals surface area contributed by atoms with E-state index in [2.05, 4.69) is 24.4 Å². The highest BCUT2D eigenvalue weighted by Crippen LogP contribution is 2.12. The maximum atomic E-state index is 11.6. The van der Waals surface area contributed by atoms with Crippen LogP contribution in [0, 0.1) is 0 Å². The quantitative estimate of drug-likeness (QED) is 0.156. The molecule has 1 aromatic rings. The number of carbonyl (C=O) groups is 2. The van der Waals surface area contributed by atoms with Crippen molar-refractivity contribution in [2.45, 2.75) is 77.6 Å². The Hall–Kier alpha value is -2.10. The van der Waals surface area contributed by atoms with Gasteiger partial charge in [0.25, 0.3) is 0 Å². The number of benzene rings is 1. The second-order valence-corrected chi connectivity index (χ2v) is 7.02. The molecule has 0 radical (unpaired) electrons. The molecule has 4 heteroatoms. The number of carboxylic acid groups (broad SMARTS) is 1. The molecule has 150 valence electrons. The molecule has 0 fully saturated rings. The first-order valence-corrected chi connectivity index (χ1v) is 10.4. The summed E-state index contributed by atoms with van der Waals surface area (Å²) in [6, 6.07) is 7.00. The van der Waals surface area contributed by atoms with Crippen molar-refractivity contribution in [2.24, 2.45) is 0 Å². The number of ketones is 1. The topological polar surface area (TPSA) is 66.4 Å². The van der Waals surface area contributed by atoms with Crippen molar-refractivity contribution in [1.82, 2.24) is 0 Å². The first kappa shape index (κ1) is 22.9. The maximum absolute atomic E-state index is 11.6. The van der Waals surface area contributed by atoms with E-state index in [0.717, 1.165) is 25.1 Å². The third-order valence-electron chi connectivity index (χ3n) is 4.54. The van der Waals surface area contributed by atoms with E-state index < -0.39 is 12.4 Å². The Morgan fingerprint density at radius 2 is 1.48 bits per heavy atom. The van der Waals surface area contributed by atoms with Crippen LogP contribution in [0.15, 0.2) is 36.4 Å². The van der Waals surface area contributed by atoms with Crippen LogP contribution in [0.25, 0.3) is 0 Å². The lowest BCUT2D eigenvalue weighted by molar-refractivity contribution is -0.135. The minimum atomic E-state index is -1.10. The number of rotatable bonds is 16. The highest BCUT2D eigenvalue weighted by Gasteiger charge is 2.09. The lowest BCUT2D eigenvalue weighted by Gasteiger charge is -2.06. The molecule has 0 heterocycles. The SMILES string of the molecule is CCCCCCCCC/C=C/CCCNc1ccc(C(=O)CC(=O)O)cc1. The van der Waals surface area contributed by atoms with Crippen LogP contribution < -0.4 is 5.32 Å².